The van der Waals surface area contributed by atoms with E-state index in [1.165, 1.54) is 56.8 Å². The monoisotopic (exact) mass is 513 g/mol. The molecule has 7 nitrogen and oxygen atoms in total. The molecule has 1 aromatic heterocycles. The average molecular weight is 514 g/mol. The molecular weight excluding hydrogens is 474 g/mol. The Labute approximate surface area is 224 Å². The van der Waals surface area contributed by atoms with Gasteiger partial charge in [0.2, 0.25) is 11.8 Å². The minimum atomic E-state index is -0.256. The Balaban J connectivity index is 1.25. The summed E-state index contributed by atoms with van der Waals surface area (Å²) in [4.78, 5) is 23.2. The van der Waals surface area contributed by atoms with Crippen LogP contribution in [0.4, 0.5) is 5.69 Å². The number of aliphatic imine (C=N–C) groups is 1. The second kappa shape index (κ2) is 10.5. The van der Waals surface area contributed by atoms with Crippen LogP contribution in [0.15, 0.2) is 53.5 Å². The van der Waals surface area contributed by atoms with Gasteiger partial charge < -0.3 is 20.6 Å². The fourth-order valence-corrected chi connectivity index (χ4v) is 6.42. The van der Waals surface area contributed by atoms with Crippen molar-refractivity contribution in [1.29, 1.82) is 0 Å². The van der Waals surface area contributed by atoms with Crippen LogP contribution in [0.1, 0.15) is 61.4 Å². The molecule has 200 valence electrons. The van der Waals surface area contributed by atoms with E-state index >= 15 is 0 Å². The fraction of sp³-hybridized carbons (Fsp3) is 0.484. The zero-order valence-electron chi connectivity index (χ0n) is 22.4. The van der Waals surface area contributed by atoms with Crippen molar-refractivity contribution < 1.29 is 9.90 Å². The first-order valence-corrected chi connectivity index (χ1v) is 14.2. The molecule has 7 heteroatoms. The van der Waals surface area contributed by atoms with Crippen molar-refractivity contribution in [1.82, 2.24) is 14.4 Å². The van der Waals surface area contributed by atoms with Crippen LogP contribution in [0.3, 0.4) is 0 Å². The van der Waals surface area contributed by atoms with Crippen LogP contribution in [0.5, 0.6) is 5.88 Å². The van der Waals surface area contributed by atoms with E-state index in [-0.39, 0.29) is 17.8 Å². The number of anilines is 1. The number of nitrogen functional groups attached to an aromatic ring is 1. The van der Waals surface area contributed by atoms with Crippen molar-refractivity contribution in [2.45, 2.75) is 57.5 Å². The molecule has 0 radical (unpaired) electrons. The Bertz CT molecular complexity index is 1330. The van der Waals surface area contributed by atoms with Gasteiger partial charge in [-0.3, -0.25) is 14.4 Å². The Morgan fingerprint density at radius 1 is 0.974 bits per heavy atom. The molecule has 2 saturated heterocycles. The molecule has 0 spiro atoms. The lowest BCUT2D eigenvalue weighted by atomic mass is 9.96. The van der Waals surface area contributed by atoms with Gasteiger partial charge in [0, 0.05) is 49.2 Å². The molecule has 3 aromatic rings. The second-order valence-electron chi connectivity index (χ2n) is 11.4. The van der Waals surface area contributed by atoms with Crippen molar-refractivity contribution in [3.05, 3.63) is 59.7 Å². The summed E-state index contributed by atoms with van der Waals surface area (Å²) < 4.78 is 1.34. The highest BCUT2D eigenvalue weighted by atomic mass is 16.3. The van der Waals surface area contributed by atoms with Gasteiger partial charge in [-0.2, -0.15) is 0 Å². The molecule has 0 amide bonds. The molecule has 38 heavy (non-hydrogen) atoms. The SMILES string of the molecule is CC(=O)n1c(O)c(C(=NC2CCN(C3CCN(CC4CC4)CC3)CC2)c2ccccc2)c2ccc(N)cc21. The molecule has 2 aromatic carbocycles. The molecule has 3 aliphatic rings. The smallest absolute Gasteiger partial charge is 0.230 e. The van der Waals surface area contributed by atoms with E-state index in [1.807, 2.05) is 42.5 Å². The standard InChI is InChI=1S/C31H39N5O2/c1-21(37)36-28-19-24(32)9-10-27(28)29(31(36)38)30(23-5-3-2-4-6-23)33-25-11-17-35(18-12-25)26-13-15-34(16-14-26)20-22-7-8-22/h2-6,9-10,19,22,25-26,38H,7-8,11-18,20,32H2,1H3. The number of carbonyl (C=O) groups excluding carboxylic acids is 1. The zero-order valence-corrected chi connectivity index (χ0v) is 22.4. The number of nitrogens with zero attached hydrogens (tertiary/aromatic N) is 4. The quantitative estimate of drug-likeness (QED) is 0.366. The van der Waals surface area contributed by atoms with E-state index in [0.29, 0.717) is 22.8 Å². The van der Waals surface area contributed by atoms with Gasteiger partial charge in [-0.1, -0.05) is 30.3 Å². The largest absolute Gasteiger partial charge is 0.494 e. The summed E-state index contributed by atoms with van der Waals surface area (Å²) in [6.07, 6.45) is 7.41. The van der Waals surface area contributed by atoms with Crippen LogP contribution in [0.2, 0.25) is 0 Å². The van der Waals surface area contributed by atoms with Crippen LogP contribution >= 0.6 is 0 Å². The molecule has 0 atom stereocenters. The summed E-state index contributed by atoms with van der Waals surface area (Å²) in [5.74, 6) is 0.643. The summed E-state index contributed by atoms with van der Waals surface area (Å²) in [6.45, 7) is 7.36. The van der Waals surface area contributed by atoms with Crippen molar-refractivity contribution in [2.75, 3.05) is 38.5 Å². The number of aromatic hydroxyl groups is 1. The van der Waals surface area contributed by atoms with Crippen molar-refractivity contribution in [3.63, 3.8) is 0 Å². The Morgan fingerprint density at radius 2 is 1.68 bits per heavy atom. The second-order valence-corrected chi connectivity index (χ2v) is 11.4. The zero-order chi connectivity index (χ0) is 26.2. The lowest BCUT2D eigenvalue weighted by Crippen LogP contribution is -2.48. The first-order valence-electron chi connectivity index (χ1n) is 14.2. The van der Waals surface area contributed by atoms with E-state index in [9.17, 15) is 9.90 Å². The Morgan fingerprint density at radius 3 is 2.34 bits per heavy atom. The molecule has 1 saturated carbocycles. The van der Waals surface area contributed by atoms with Gasteiger partial charge in [-0.15, -0.1) is 0 Å². The lowest BCUT2D eigenvalue weighted by molar-refractivity contribution is 0.0864. The molecule has 1 aliphatic carbocycles. The van der Waals surface area contributed by atoms with Gasteiger partial charge in [-0.05, 0) is 75.7 Å². The molecule has 2 aliphatic heterocycles. The summed E-state index contributed by atoms with van der Waals surface area (Å²) in [5.41, 5.74) is 9.49. The Kier molecular flexibility index (Phi) is 6.97. The Hall–Kier alpha value is -3.16. The third-order valence-electron chi connectivity index (χ3n) is 8.66. The maximum absolute atomic E-state index is 12.5. The summed E-state index contributed by atoms with van der Waals surface area (Å²) in [7, 11) is 0. The topological polar surface area (TPSA) is 87.1 Å². The van der Waals surface area contributed by atoms with Gasteiger partial charge in [0.05, 0.1) is 22.8 Å². The predicted molar refractivity (Wildman–Crippen MR) is 153 cm³/mol. The molecular formula is C31H39N5O2. The maximum atomic E-state index is 12.5. The molecule has 0 bridgehead atoms. The number of nitrogens with two attached hydrogens (primary N) is 1. The van der Waals surface area contributed by atoms with Gasteiger partial charge in [0.1, 0.15) is 0 Å². The third kappa shape index (κ3) is 5.09. The number of fused-ring (bicyclic) bond motifs is 1. The molecule has 3 fully saturated rings. The maximum Gasteiger partial charge on any atom is 0.230 e. The molecule has 3 N–H and O–H groups in total. The van der Waals surface area contributed by atoms with E-state index < -0.39 is 0 Å². The van der Waals surface area contributed by atoms with Crippen molar-refractivity contribution in [3.8, 4) is 5.88 Å². The van der Waals surface area contributed by atoms with Crippen LogP contribution in [-0.2, 0) is 0 Å². The summed E-state index contributed by atoms with van der Waals surface area (Å²) in [5, 5.41) is 12.1. The average Bonchev–Trinajstić information content (AvgIpc) is 3.69. The fourth-order valence-electron chi connectivity index (χ4n) is 6.42. The first-order chi connectivity index (χ1) is 18.5. The number of likely N-dealkylation sites (tertiary alicyclic amines) is 2. The summed E-state index contributed by atoms with van der Waals surface area (Å²) >= 11 is 0. The number of piperidine rings is 2. The number of hydrogen-bond acceptors (Lipinski definition) is 6. The minimum Gasteiger partial charge on any atom is -0.494 e. The first kappa shape index (κ1) is 25.1. The number of rotatable bonds is 6. The van der Waals surface area contributed by atoms with E-state index in [0.717, 1.165) is 48.5 Å². The van der Waals surface area contributed by atoms with Crippen molar-refractivity contribution in [2.24, 2.45) is 10.9 Å². The summed E-state index contributed by atoms with van der Waals surface area (Å²) in [6, 6.07) is 16.3. The minimum absolute atomic E-state index is 0.0731. The van der Waals surface area contributed by atoms with Crippen LogP contribution in [0.25, 0.3) is 10.9 Å². The van der Waals surface area contributed by atoms with Crippen molar-refractivity contribution >= 4 is 28.2 Å². The van der Waals surface area contributed by atoms with Gasteiger partial charge >= 0.3 is 0 Å². The van der Waals surface area contributed by atoms with Gasteiger partial charge in [0.15, 0.2) is 0 Å². The number of aromatic nitrogens is 1. The highest BCUT2D eigenvalue weighted by Crippen LogP contribution is 2.36. The van der Waals surface area contributed by atoms with E-state index in [1.54, 1.807) is 6.07 Å². The number of benzene rings is 2. The van der Waals surface area contributed by atoms with Crippen LogP contribution in [0, 0.1) is 5.92 Å². The number of hydrogen-bond donors (Lipinski definition) is 2. The van der Waals surface area contributed by atoms with Gasteiger partial charge in [0.25, 0.3) is 0 Å². The lowest BCUT2D eigenvalue weighted by Gasteiger charge is -2.41. The molecule has 6 rings (SSSR count). The van der Waals surface area contributed by atoms with Gasteiger partial charge in [-0.25, -0.2) is 0 Å². The van der Waals surface area contributed by atoms with Crippen LogP contribution in [-0.4, -0.2) is 75.9 Å². The van der Waals surface area contributed by atoms with E-state index in [2.05, 4.69) is 9.80 Å². The van der Waals surface area contributed by atoms with Crippen LogP contribution < -0.4 is 5.73 Å². The predicted octanol–water partition coefficient (Wildman–Crippen LogP) is 4.77. The molecule has 0 unspecified atom stereocenters. The highest BCUT2D eigenvalue weighted by Gasteiger charge is 2.31. The van der Waals surface area contributed by atoms with E-state index in [4.69, 9.17) is 10.7 Å². The third-order valence-corrected chi connectivity index (χ3v) is 8.66. The normalized spacial score (nSPS) is 20.8. The highest BCUT2D eigenvalue weighted by molar-refractivity contribution is 6.22. The number of carbonyl (C=O) groups is 1. The molecule has 3 heterocycles.